The molecule has 1 saturated heterocycles. The van der Waals surface area contributed by atoms with Crippen molar-refractivity contribution in [1.82, 2.24) is 19.8 Å². The number of fused-ring (bicyclic) bond motifs is 1. The van der Waals surface area contributed by atoms with Crippen molar-refractivity contribution in [2.24, 2.45) is 0 Å². The average Bonchev–Trinajstić information content (AvgIpc) is 3.48. The Kier molecular flexibility index (Phi) is 7.65. The van der Waals surface area contributed by atoms with Crippen LogP contribution in [0.25, 0.3) is 22.3 Å². The molecule has 8 nitrogen and oxygen atoms in total. The topological polar surface area (TPSA) is 74.9 Å². The number of furan rings is 1. The molecule has 3 heterocycles. The lowest BCUT2D eigenvalue weighted by Crippen LogP contribution is -2.49. The predicted octanol–water partition coefficient (Wildman–Crippen LogP) is 4.46. The van der Waals surface area contributed by atoms with Crippen LogP contribution in [0, 0.1) is 0 Å². The maximum atomic E-state index is 13.2. The molecule has 37 heavy (non-hydrogen) atoms. The molecule has 0 spiro atoms. The highest BCUT2D eigenvalue weighted by molar-refractivity contribution is 5.91. The minimum Gasteiger partial charge on any atom is -0.497 e. The highest BCUT2D eigenvalue weighted by Gasteiger charge is 2.23. The van der Waals surface area contributed by atoms with Crippen LogP contribution in [0.3, 0.4) is 0 Å². The van der Waals surface area contributed by atoms with E-state index in [1.807, 2.05) is 65.6 Å². The van der Waals surface area contributed by atoms with Gasteiger partial charge in [-0.05, 0) is 55.1 Å². The van der Waals surface area contributed by atoms with Crippen LogP contribution in [0.4, 0.5) is 5.82 Å². The van der Waals surface area contributed by atoms with Gasteiger partial charge in [-0.25, -0.2) is 9.97 Å². The molecule has 1 aliphatic rings. The first-order valence-electron chi connectivity index (χ1n) is 12.8. The second kappa shape index (κ2) is 11.4. The summed E-state index contributed by atoms with van der Waals surface area (Å²) in [4.78, 5) is 29.5. The van der Waals surface area contributed by atoms with E-state index in [-0.39, 0.29) is 5.91 Å². The van der Waals surface area contributed by atoms with Crippen LogP contribution in [-0.4, -0.2) is 72.1 Å². The van der Waals surface area contributed by atoms with Crippen molar-refractivity contribution in [3.05, 3.63) is 72.7 Å². The van der Waals surface area contributed by atoms with Gasteiger partial charge in [0.05, 0.1) is 25.4 Å². The third-order valence-electron chi connectivity index (χ3n) is 6.93. The zero-order valence-corrected chi connectivity index (χ0v) is 21.5. The fraction of sp³-hybridized carbons (Fsp3) is 0.345. The van der Waals surface area contributed by atoms with E-state index in [1.54, 1.807) is 13.4 Å². The number of para-hydroxylation sites is 1. The van der Waals surface area contributed by atoms with Gasteiger partial charge in [0.15, 0.2) is 5.82 Å². The molecule has 0 atom stereocenters. The third-order valence-corrected chi connectivity index (χ3v) is 6.93. The van der Waals surface area contributed by atoms with Crippen LogP contribution in [0.2, 0.25) is 0 Å². The van der Waals surface area contributed by atoms with Gasteiger partial charge in [0.1, 0.15) is 17.3 Å². The summed E-state index contributed by atoms with van der Waals surface area (Å²) in [5, 5.41) is 0.940. The first-order chi connectivity index (χ1) is 18.1. The Morgan fingerprint density at radius 2 is 1.78 bits per heavy atom. The number of nitrogens with zero attached hydrogens (tertiary/aromatic N) is 5. The monoisotopic (exact) mass is 499 g/mol. The molecule has 1 aliphatic heterocycles. The van der Waals surface area contributed by atoms with Crippen LogP contribution in [-0.2, 0) is 11.3 Å². The quantitative estimate of drug-likeness (QED) is 0.337. The lowest BCUT2D eigenvalue weighted by molar-refractivity contribution is -0.132. The molecular weight excluding hydrogens is 466 g/mol. The normalized spacial score (nSPS) is 14.2. The van der Waals surface area contributed by atoms with Gasteiger partial charge in [-0.15, -0.1) is 0 Å². The minimum absolute atomic E-state index is 0.175. The third kappa shape index (κ3) is 5.75. The van der Waals surface area contributed by atoms with Crippen LogP contribution in [0.1, 0.15) is 19.1 Å². The van der Waals surface area contributed by atoms with E-state index in [0.29, 0.717) is 25.3 Å². The summed E-state index contributed by atoms with van der Waals surface area (Å²) in [5.41, 5.74) is 1.75. The molecular formula is C29H33N5O3. The van der Waals surface area contributed by atoms with Crippen molar-refractivity contribution >= 4 is 22.6 Å². The summed E-state index contributed by atoms with van der Waals surface area (Å²) in [7, 11) is 1.65. The second-order valence-electron chi connectivity index (χ2n) is 9.18. The average molecular weight is 500 g/mol. The summed E-state index contributed by atoms with van der Waals surface area (Å²) in [6.07, 6.45) is 2.08. The van der Waals surface area contributed by atoms with E-state index < -0.39 is 0 Å². The van der Waals surface area contributed by atoms with Gasteiger partial charge in [0.25, 0.3) is 0 Å². The maximum absolute atomic E-state index is 13.2. The molecule has 0 radical (unpaired) electrons. The van der Waals surface area contributed by atoms with Crippen molar-refractivity contribution in [2.45, 2.75) is 19.9 Å². The Morgan fingerprint density at radius 3 is 2.49 bits per heavy atom. The van der Waals surface area contributed by atoms with E-state index >= 15 is 0 Å². The van der Waals surface area contributed by atoms with Crippen LogP contribution in [0.15, 0.2) is 71.3 Å². The van der Waals surface area contributed by atoms with Gasteiger partial charge in [0, 0.05) is 50.1 Å². The molecule has 1 amide bonds. The van der Waals surface area contributed by atoms with Crippen molar-refractivity contribution in [1.29, 1.82) is 0 Å². The molecule has 8 heteroatoms. The molecule has 1 fully saturated rings. The molecule has 0 bridgehead atoms. The number of methoxy groups -OCH3 is 1. The summed E-state index contributed by atoms with van der Waals surface area (Å²) >= 11 is 0. The van der Waals surface area contributed by atoms with Gasteiger partial charge < -0.3 is 23.9 Å². The van der Waals surface area contributed by atoms with Crippen molar-refractivity contribution in [3.8, 4) is 17.1 Å². The highest BCUT2D eigenvalue weighted by Crippen LogP contribution is 2.29. The molecule has 192 valence electrons. The first kappa shape index (κ1) is 24.8. The number of likely N-dealkylation sites (N-methyl/N-ethyl adjacent to an activating group) is 1. The lowest BCUT2D eigenvalue weighted by Gasteiger charge is -2.34. The Morgan fingerprint density at radius 1 is 1.00 bits per heavy atom. The first-order valence-corrected chi connectivity index (χ1v) is 12.8. The molecule has 2 aromatic carbocycles. The number of rotatable bonds is 9. The molecule has 4 aromatic rings. The van der Waals surface area contributed by atoms with Gasteiger partial charge in [0.2, 0.25) is 5.91 Å². The van der Waals surface area contributed by atoms with Crippen molar-refractivity contribution in [2.75, 3.05) is 51.3 Å². The second-order valence-corrected chi connectivity index (χ2v) is 9.18. The zero-order valence-electron chi connectivity index (χ0n) is 21.5. The van der Waals surface area contributed by atoms with E-state index in [0.717, 1.165) is 66.5 Å². The molecule has 0 unspecified atom stereocenters. The number of piperazine rings is 1. The van der Waals surface area contributed by atoms with Crippen LogP contribution in [0.5, 0.6) is 5.75 Å². The number of aromatic nitrogens is 2. The fourth-order valence-electron chi connectivity index (χ4n) is 4.72. The number of hydrogen-bond donors (Lipinski definition) is 0. The van der Waals surface area contributed by atoms with Gasteiger partial charge >= 0.3 is 0 Å². The Hall–Kier alpha value is -3.91. The fourth-order valence-corrected chi connectivity index (χ4v) is 4.72. The van der Waals surface area contributed by atoms with Crippen LogP contribution >= 0.6 is 0 Å². The number of carbonyl (C=O) groups excluding carboxylic acids is 1. The van der Waals surface area contributed by atoms with E-state index in [4.69, 9.17) is 19.1 Å². The van der Waals surface area contributed by atoms with Crippen LogP contribution < -0.4 is 9.64 Å². The summed E-state index contributed by atoms with van der Waals surface area (Å²) < 4.78 is 11.0. The lowest BCUT2D eigenvalue weighted by atomic mass is 10.1. The largest absolute Gasteiger partial charge is 0.497 e. The molecule has 2 aromatic heterocycles. The predicted molar refractivity (Wildman–Crippen MR) is 145 cm³/mol. The van der Waals surface area contributed by atoms with Gasteiger partial charge in [-0.1, -0.05) is 19.1 Å². The molecule has 0 saturated carbocycles. The SMILES string of the molecule is CCN1CCN(C(=O)CCN(Cc2ccco2)c2nc(-c3ccc(OC)cc3)nc3ccccc23)CC1. The number of carbonyl (C=O) groups is 1. The van der Waals surface area contributed by atoms with E-state index in [1.165, 1.54) is 0 Å². The Bertz CT molecular complexity index is 1320. The smallest absolute Gasteiger partial charge is 0.224 e. The number of hydrogen-bond acceptors (Lipinski definition) is 7. The maximum Gasteiger partial charge on any atom is 0.224 e. The minimum atomic E-state index is 0.175. The number of benzene rings is 2. The molecule has 0 aliphatic carbocycles. The Balaban J connectivity index is 1.45. The standard InChI is InChI=1S/C29H33N5O3/c1-3-32-16-18-33(19-17-32)27(35)14-15-34(21-24-7-6-20-37-24)29-25-8-4-5-9-26(25)30-28(31-29)22-10-12-23(36-2)13-11-22/h4-13,20H,3,14-19,21H2,1-2H3. The molecule has 5 rings (SSSR count). The summed E-state index contributed by atoms with van der Waals surface area (Å²) in [6.45, 7) is 7.64. The summed E-state index contributed by atoms with van der Waals surface area (Å²) in [5.74, 6) is 3.19. The van der Waals surface area contributed by atoms with E-state index in [9.17, 15) is 4.79 Å². The molecule has 0 N–H and O–H groups in total. The van der Waals surface area contributed by atoms with E-state index in [2.05, 4.69) is 16.7 Å². The number of ether oxygens (including phenoxy) is 1. The Labute approximate surface area is 217 Å². The van der Waals surface area contributed by atoms with Gasteiger partial charge in [-0.3, -0.25) is 4.79 Å². The highest BCUT2D eigenvalue weighted by atomic mass is 16.5. The van der Waals surface area contributed by atoms with Crippen molar-refractivity contribution < 1.29 is 13.9 Å². The number of amides is 1. The number of anilines is 1. The summed E-state index contributed by atoms with van der Waals surface area (Å²) in [6, 6.07) is 19.6. The van der Waals surface area contributed by atoms with Crippen molar-refractivity contribution in [3.63, 3.8) is 0 Å². The zero-order chi connectivity index (χ0) is 25.6. The van der Waals surface area contributed by atoms with Gasteiger partial charge in [-0.2, -0.15) is 0 Å².